The van der Waals surface area contributed by atoms with E-state index in [4.69, 9.17) is 0 Å². The monoisotopic (exact) mass is 204 g/mol. The van der Waals surface area contributed by atoms with Gasteiger partial charge < -0.3 is 0 Å². The molecule has 0 aliphatic carbocycles. The predicted octanol–water partition coefficient (Wildman–Crippen LogP) is 2.68. The first-order valence-corrected chi connectivity index (χ1v) is 5.02. The number of hydrogen-bond donors (Lipinski definition) is 1. The van der Waals surface area contributed by atoms with Crippen LogP contribution in [0.4, 0.5) is 5.69 Å². The van der Waals surface area contributed by atoms with Gasteiger partial charge in [-0.25, -0.2) is 0 Å². The van der Waals surface area contributed by atoms with Crippen LogP contribution < -0.4 is 5.43 Å². The van der Waals surface area contributed by atoms with Crippen molar-refractivity contribution >= 4 is 17.7 Å². The van der Waals surface area contributed by atoms with Crippen LogP contribution in [-0.2, 0) is 4.79 Å². The van der Waals surface area contributed by atoms with Gasteiger partial charge in [-0.3, -0.25) is 10.2 Å². The van der Waals surface area contributed by atoms with E-state index in [9.17, 15) is 4.79 Å². The third-order valence-electron chi connectivity index (χ3n) is 2.33. The summed E-state index contributed by atoms with van der Waals surface area (Å²) in [5, 5.41) is 4.00. The van der Waals surface area contributed by atoms with E-state index in [1.807, 2.05) is 32.0 Å². The van der Waals surface area contributed by atoms with Gasteiger partial charge >= 0.3 is 0 Å². The van der Waals surface area contributed by atoms with Crippen molar-refractivity contribution < 1.29 is 4.79 Å². The smallest absolute Gasteiger partial charge is 0.166 e. The molecule has 0 bridgehead atoms. The number of hydrogen-bond acceptors (Lipinski definition) is 3. The van der Waals surface area contributed by atoms with Crippen molar-refractivity contribution in [2.24, 2.45) is 5.10 Å². The Bertz CT molecular complexity index is 383. The molecule has 1 N–H and O–H groups in total. The number of aryl methyl sites for hydroxylation is 2. The Morgan fingerprint density at radius 2 is 2.13 bits per heavy atom. The summed E-state index contributed by atoms with van der Waals surface area (Å²) in [6, 6.07) is 5.99. The molecule has 1 rings (SSSR count). The molecule has 80 valence electrons. The third kappa shape index (κ3) is 3.20. The highest BCUT2D eigenvalue weighted by molar-refractivity contribution is 6.28. The second kappa shape index (κ2) is 5.29. The summed E-state index contributed by atoms with van der Waals surface area (Å²) in [5.41, 5.74) is 6.75. The van der Waals surface area contributed by atoms with Crippen LogP contribution in [0.1, 0.15) is 24.5 Å². The highest BCUT2D eigenvalue weighted by atomic mass is 16.1. The quantitative estimate of drug-likeness (QED) is 0.465. The maximum Gasteiger partial charge on any atom is 0.166 e. The number of rotatable bonds is 4. The molecule has 0 spiro atoms. The minimum Gasteiger partial charge on any atom is -0.296 e. The summed E-state index contributed by atoms with van der Waals surface area (Å²) in [6.07, 6.45) is 1.41. The van der Waals surface area contributed by atoms with E-state index in [2.05, 4.69) is 17.5 Å². The van der Waals surface area contributed by atoms with Crippen molar-refractivity contribution in [1.29, 1.82) is 0 Å². The summed E-state index contributed by atoms with van der Waals surface area (Å²) in [6.45, 7) is 6.01. The molecule has 0 aliphatic heterocycles. The molecule has 0 aromatic heterocycles. The molecule has 1 aromatic carbocycles. The Labute approximate surface area is 90.2 Å². The van der Waals surface area contributed by atoms with Crippen molar-refractivity contribution in [3.63, 3.8) is 0 Å². The number of aldehydes is 1. The van der Waals surface area contributed by atoms with E-state index in [0.717, 1.165) is 12.0 Å². The average Bonchev–Trinajstić information content (AvgIpc) is 2.24. The van der Waals surface area contributed by atoms with Crippen LogP contribution >= 0.6 is 0 Å². The number of carbonyl (C=O) groups excluding carboxylic acids is 1. The van der Waals surface area contributed by atoms with Gasteiger partial charge in [-0.1, -0.05) is 13.0 Å². The molecule has 0 saturated heterocycles. The normalized spacial score (nSPS) is 11.3. The Kier molecular flexibility index (Phi) is 4.03. The number of hydrazone groups is 1. The minimum atomic E-state index is 0.522. The zero-order valence-corrected chi connectivity index (χ0v) is 9.37. The molecule has 1 aromatic rings. The predicted molar refractivity (Wildman–Crippen MR) is 63.3 cm³/mol. The zero-order chi connectivity index (χ0) is 11.3. The van der Waals surface area contributed by atoms with Gasteiger partial charge in [-0.15, -0.1) is 0 Å². The van der Waals surface area contributed by atoms with Crippen molar-refractivity contribution in [2.45, 2.75) is 27.2 Å². The van der Waals surface area contributed by atoms with Crippen LogP contribution in [0.2, 0.25) is 0 Å². The number of anilines is 1. The first-order valence-electron chi connectivity index (χ1n) is 5.02. The maximum absolute atomic E-state index is 10.5. The molecular weight excluding hydrogens is 188 g/mol. The summed E-state index contributed by atoms with van der Waals surface area (Å²) < 4.78 is 0. The number of benzene rings is 1. The molecule has 0 heterocycles. The molecule has 0 saturated carbocycles. The van der Waals surface area contributed by atoms with Crippen molar-refractivity contribution in [3.05, 3.63) is 29.3 Å². The van der Waals surface area contributed by atoms with Gasteiger partial charge in [-0.05, 0) is 43.5 Å². The lowest BCUT2D eigenvalue weighted by atomic mass is 10.1. The molecule has 15 heavy (non-hydrogen) atoms. The molecular formula is C12H16N2O. The number of nitrogens with one attached hydrogen (secondary N) is 1. The molecule has 0 unspecified atom stereocenters. The molecule has 0 aliphatic rings. The highest BCUT2D eigenvalue weighted by Crippen LogP contribution is 2.13. The Hall–Kier alpha value is -1.64. The Morgan fingerprint density at radius 3 is 2.67 bits per heavy atom. The first kappa shape index (κ1) is 11.4. The minimum absolute atomic E-state index is 0.522. The summed E-state index contributed by atoms with van der Waals surface area (Å²) in [5.74, 6) is 0. The van der Waals surface area contributed by atoms with Gasteiger partial charge in [0.05, 0.1) is 5.69 Å². The van der Waals surface area contributed by atoms with Crippen LogP contribution in [-0.4, -0.2) is 12.0 Å². The topological polar surface area (TPSA) is 41.5 Å². The second-order valence-corrected chi connectivity index (χ2v) is 3.49. The standard InChI is InChI=1S/C12H16N2O/c1-4-11(8-15)13-14-12-6-5-9(2)10(3)7-12/h5-8,14H,4H2,1-3H3/b13-11+. The summed E-state index contributed by atoms with van der Waals surface area (Å²) in [4.78, 5) is 10.5. The van der Waals surface area contributed by atoms with E-state index in [1.165, 1.54) is 11.1 Å². The van der Waals surface area contributed by atoms with Crippen LogP contribution in [0.15, 0.2) is 23.3 Å². The molecule has 0 atom stereocenters. The van der Waals surface area contributed by atoms with Gasteiger partial charge in [-0.2, -0.15) is 5.10 Å². The van der Waals surface area contributed by atoms with Crippen molar-refractivity contribution in [2.75, 3.05) is 5.43 Å². The Morgan fingerprint density at radius 1 is 1.40 bits per heavy atom. The third-order valence-corrected chi connectivity index (χ3v) is 2.33. The molecule has 3 heteroatoms. The van der Waals surface area contributed by atoms with E-state index >= 15 is 0 Å². The largest absolute Gasteiger partial charge is 0.296 e. The van der Waals surface area contributed by atoms with Gasteiger partial charge in [0.25, 0.3) is 0 Å². The van der Waals surface area contributed by atoms with Crippen LogP contribution in [0.5, 0.6) is 0 Å². The lowest BCUT2D eigenvalue weighted by molar-refractivity contribution is -0.102. The lowest BCUT2D eigenvalue weighted by Gasteiger charge is -2.04. The Balaban J connectivity index is 2.77. The fourth-order valence-corrected chi connectivity index (χ4v) is 1.14. The number of nitrogens with zero attached hydrogens (tertiary/aromatic N) is 1. The molecule has 0 fully saturated rings. The first-order chi connectivity index (χ1) is 7.17. The fraction of sp³-hybridized carbons (Fsp3) is 0.333. The SMILES string of the molecule is CC/C(C=O)=N\Nc1ccc(C)c(C)c1. The van der Waals surface area contributed by atoms with Gasteiger partial charge in [0.15, 0.2) is 6.29 Å². The lowest BCUT2D eigenvalue weighted by Crippen LogP contribution is -2.02. The average molecular weight is 204 g/mol. The maximum atomic E-state index is 10.5. The molecule has 3 nitrogen and oxygen atoms in total. The fourth-order valence-electron chi connectivity index (χ4n) is 1.14. The van der Waals surface area contributed by atoms with Crippen LogP contribution in [0.3, 0.4) is 0 Å². The van der Waals surface area contributed by atoms with Crippen molar-refractivity contribution in [3.8, 4) is 0 Å². The second-order valence-electron chi connectivity index (χ2n) is 3.49. The van der Waals surface area contributed by atoms with E-state index in [1.54, 1.807) is 0 Å². The summed E-state index contributed by atoms with van der Waals surface area (Å²) in [7, 11) is 0. The van der Waals surface area contributed by atoms with Gasteiger partial charge in [0, 0.05) is 0 Å². The van der Waals surface area contributed by atoms with Gasteiger partial charge in [0.2, 0.25) is 0 Å². The summed E-state index contributed by atoms with van der Waals surface area (Å²) >= 11 is 0. The van der Waals surface area contributed by atoms with E-state index in [0.29, 0.717) is 12.1 Å². The van der Waals surface area contributed by atoms with E-state index in [-0.39, 0.29) is 0 Å². The van der Waals surface area contributed by atoms with Crippen LogP contribution in [0, 0.1) is 13.8 Å². The zero-order valence-electron chi connectivity index (χ0n) is 9.37. The van der Waals surface area contributed by atoms with Gasteiger partial charge in [0.1, 0.15) is 5.71 Å². The highest BCUT2D eigenvalue weighted by Gasteiger charge is 1.96. The van der Waals surface area contributed by atoms with E-state index < -0.39 is 0 Å². The number of carbonyl (C=O) groups is 1. The molecule has 0 radical (unpaired) electrons. The molecule has 0 amide bonds. The van der Waals surface area contributed by atoms with Crippen LogP contribution in [0.25, 0.3) is 0 Å². The van der Waals surface area contributed by atoms with Crippen molar-refractivity contribution in [1.82, 2.24) is 0 Å².